The van der Waals surface area contributed by atoms with Crippen molar-refractivity contribution in [1.82, 2.24) is 19.9 Å². The van der Waals surface area contributed by atoms with E-state index in [1.807, 2.05) is 47.2 Å². The Kier molecular flexibility index (Phi) is 8.28. The largest absolute Gasteiger partial charge is 0.490 e. The quantitative estimate of drug-likeness (QED) is 0.251. The minimum atomic E-state index is -5.08. The van der Waals surface area contributed by atoms with Gasteiger partial charge in [-0.3, -0.25) is 9.89 Å². The van der Waals surface area contributed by atoms with Gasteiger partial charge in [0.15, 0.2) is 15.7 Å². The normalized spacial score (nSPS) is 11.6. The predicted octanol–water partition coefficient (Wildman–Crippen LogP) is 4.42. The van der Waals surface area contributed by atoms with Crippen molar-refractivity contribution in [3.63, 3.8) is 0 Å². The second kappa shape index (κ2) is 11.7. The van der Waals surface area contributed by atoms with Crippen LogP contribution in [-0.2, 0) is 26.0 Å². The molecule has 214 valence electrons. The van der Waals surface area contributed by atoms with Crippen LogP contribution >= 0.6 is 0 Å². The maximum atomic E-state index is 13.2. The Bertz CT molecular complexity index is 1790. The molecule has 0 fully saturated rings. The smallest absolute Gasteiger partial charge is 0.475 e. The number of hydrogen-bond acceptors (Lipinski definition) is 7. The highest BCUT2D eigenvalue weighted by atomic mass is 32.2. The molecule has 0 radical (unpaired) electrons. The Morgan fingerprint density at radius 2 is 1.83 bits per heavy atom. The number of fused-ring (bicyclic) bond motifs is 1. The zero-order valence-corrected chi connectivity index (χ0v) is 22.0. The number of carbonyl (C=O) groups is 2. The molecule has 0 aliphatic carbocycles. The Hall–Kier alpha value is -4.92. The van der Waals surface area contributed by atoms with Crippen LogP contribution in [-0.4, -0.2) is 57.3 Å². The van der Waals surface area contributed by atoms with Crippen molar-refractivity contribution in [2.75, 3.05) is 11.1 Å². The average Bonchev–Trinajstić information content (AvgIpc) is 3.65. The van der Waals surface area contributed by atoms with Gasteiger partial charge in [-0.25, -0.2) is 13.2 Å². The van der Waals surface area contributed by atoms with Crippen molar-refractivity contribution >= 4 is 38.4 Å². The molecular weight excluding hydrogens is 567 g/mol. The summed E-state index contributed by atoms with van der Waals surface area (Å²) < 4.78 is 64.9. The van der Waals surface area contributed by atoms with E-state index in [2.05, 4.69) is 20.7 Å². The molecule has 3 aromatic heterocycles. The number of rotatable bonds is 7. The minimum Gasteiger partial charge on any atom is -0.475 e. The molecule has 0 saturated carbocycles. The number of anilines is 1. The van der Waals surface area contributed by atoms with Gasteiger partial charge < -0.3 is 19.5 Å². The topological polar surface area (TPSA) is 160 Å². The third-order valence-electron chi connectivity index (χ3n) is 5.66. The van der Waals surface area contributed by atoms with E-state index in [-0.39, 0.29) is 10.7 Å². The number of aromatic amines is 1. The van der Waals surface area contributed by atoms with Gasteiger partial charge in [0.1, 0.15) is 11.5 Å². The summed E-state index contributed by atoms with van der Waals surface area (Å²) >= 11 is 0. The average molecular weight is 590 g/mol. The monoisotopic (exact) mass is 589 g/mol. The summed E-state index contributed by atoms with van der Waals surface area (Å²) in [4.78, 5) is 21.4. The summed E-state index contributed by atoms with van der Waals surface area (Å²) in [5.74, 6) is -3.45. The maximum absolute atomic E-state index is 13.2. The molecule has 11 nitrogen and oxygen atoms in total. The highest BCUT2D eigenvalue weighted by molar-refractivity contribution is 7.92. The van der Waals surface area contributed by atoms with Crippen molar-refractivity contribution in [3.05, 3.63) is 84.5 Å². The predicted molar refractivity (Wildman–Crippen MR) is 141 cm³/mol. The van der Waals surface area contributed by atoms with Crippen molar-refractivity contribution < 1.29 is 40.8 Å². The molecule has 5 rings (SSSR count). The fraction of sp³-hybridized carbons (Fsp3) is 0.154. The van der Waals surface area contributed by atoms with Gasteiger partial charge in [0.25, 0.3) is 0 Å². The number of nitrogens with one attached hydrogen (secondary N) is 2. The standard InChI is InChI=1S/C24H21N5O4S.C2HF3O2/c1-16-9-23(28-33-16)27-24(30)15-34(31,32)22-14-29(21-8-3-2-7-20(21)22)13-17-5-4-6-18(10-17)19-11-25-26-12-19;3-2(4,5)1(6)7/h2-12,14H,13,15H2,1H3,(H,25,26)(H,27,28,30);(H,6,7). The molecule has 41 heavy (non-hydrogen) atoms. The number of carboxylic acid groups (broad SMARTS) is 1. The highest BCUT2D eigenvalue weighted by Crippen LogP contribution is 2.28. The summed E-state index contributed by atoms with van der Waals surface area (Å²) in [6, 6.07) is 16.8. The molecule has 0 atom stereocenters. The number of amides is 1. The molecule has 0 spiro atoms. The van der Waals surface area contributed by atoms with Crippen molar-refractivity contribution in [1.29, 1.82) is 0 Å². The van der Waals surface area contributed by atoms with Crippen LogP contribution in [0, 0.1) is 6.92 Å². The number of halogens is 3. The van der Waals surface area contributed by atoms with Crippen molar-refractivity contribution in [2.45, 2.75) is 24.5 Å². The van der Waals surface area contributed by atoms with Gasteiger partial charge >= 0.3 is 12.1 Å². The van der Waals surface area contributed by atoms with Gasteiger partial charge in [-0.15, -0.1) is 0 Å². The molecule has 0 aliphatic heterocycles. The van der Waals surface area contributed by atoms with Crippen molar-refractivity contribution in [2.24, 2.45) is 0 Å². The molecule has 0 bridgehead atoms. The van der Waals surface area contributed by atoms with E-state index < -0.39 is 33.6 Å². The summed E-state index contributed by atoms with van der Waals surface area (Å²) in [5, 5.41) is 20.6. The van der Waals surface area contributed by atoms with E-state index in [9.17, 15) is 26.4 Å². The van der Waals surface area contributed by atoms with Crippen LogP contribution in [0.5, 0.6) is 0 Å². The number of alkyl halides is 3. The maximum Gasteiger partial charge on any atom is 0.490 e. The van der Waals surface area contributed by atoms with Gasteiger partial charge in [0, 0.05) is 41.5 Å². The molecule has 3 N–H and O–H groups in total. The lowest BCUT2D eigenvalue weighted by Crippen LogP contribution is -2.23. The summed E-state index contributed by atoms with van der Waals surface area (Å²) in [6.45, 7) is 2.14. The van der Waals surface area contributed by atoms with Crippen LogP contribution < -0.4 is 5.32 Å². The number of sulfone groups is 1. The lowest BCUT2D eigenvalue weighted by atomic mass is 10.1. The van der Waals surface area contributed by atoms with E-state index in [1.54, 1.807) is 31.5 Å². The van der Waals surface area contributed by atoms with Gasteiger partial charge in [-0.2, -0.15) is 18.3 Å². The Balaban J connectivity index is 0.000000493. The molecule has 15 heteroatoms. The first-order valence-corrected chi connectivity index (χ1v) is 13.4. The second-order valence-corrected chi connectivity index (χ2v) is 10.7. The highest BCUT2D eigenvalue weighted by Gasteiger charge is 2.38. The minimum absolute atomic E-state index is 0.112. The molecule has 0 aliphatic rings. The fourth-order valence-corrected chi connectivity index (χ4v) is 5.27. The van der Waals surface area contributed by atoms with Crippen molar-refractivity contribution in [3.8, 4) is 11.1 Å². The zero-order valence-electron chi connectivity index (χ0n) is 21.2. The molecule has 0 saturated heterocycles. The number of para-hydroxylation sites is 1. The molecule has 0 unspecified atom stereocenters. The van der Waals surface area contributed by atoms with Crippen LogP contribution in [0.25, 0.3) is 22.0 Å². The number of aliphatic carboxylic acids is 1. The van der Waals surface area contributed by atoms with Gasteiger partial charge in [0.2, 0.25) is 5.91 Å². The Morgan fingerprint density at radius 1 is 1.10 bits per heavy atom. The summed E-state index contributed by atoms with van der Waals surface area (Å²) in [5.41, 5.74) is 3.75. The number of aromatic nitrogens is 4. The number of carboxylic acids is 1. The molecule has 2 aromatic carbocycles. The summed E-state index contributed by atoms with van der Waals surface area (Å²) in [7, 11) is -3.92. The SMILES string of the molecule is Cc1cc(NC(=O)CS(=O)(=O)c2cn(Cc3cccc(-c4cn[nH]c4)c3)c3ccccc23)no1.O=C(O)C(F)(F)F. The Morgan fingerprint density at radius 3 is 2.46 bits per heavy atom. The first-order valence-electron chi connectivity index (χ1n) is 11.8. The van der Waals surface area contributed by atoms with Crippen LogP contribution in [0.2, 0.25) is 0 Å². The first kappa shape index (κ1) is 29.1. The molecule has 3 heterocycles. The van der Waals surface area contributed by atoms with Gasteiger partial charge in [0.05, 0.1) is 11.1 Å². The number of carbonyl (C=O) groups excluding carboxylic acids is 1. The lowest BCUT2D eigenvalue weighted by Gasteiger charge is -2.07. The van der Waals surface area contributed by atoms with Crippen LogP contribution in [0.15, 0.2) is 82.6 Å². The number of aryl methyl sites for hydroxylation is 1. The lowest BCUT2D eigenvalue weighted by molar-refractivity contribution is -0.192. The zero-order chi connectivity index (χ0) is 29.8. The van der Waals surface area contributed by atoms with E-state index in [0.29, 0.717) is 17.7 Å². The van der Waals surface area contributed by atoms with E-state index in [4.69, 9.17) is 14.4 Å². The fourth-order valence-electron chi connectivity index (χ4n) is 3.90. The van der Waals surface area contributed by atoms with E-state index >= 15 is 0 Å². The van der Waals surface area contributed by atoms with Gasteiger partial charge in [-0.05, 0) is 30.2 Å². The van der Waals surface area contributed by atoms with Crippen LogP contribution in [0.4, 0.5) is 19.0 Å². The molecule has 1 amide bonds. The second-order valence-electron chi connectivity index (χ2n) is 8.76. The third kappa shape index (κ3) is 7.19. The van der Waals surface area contributed by atoms with Crippen LogP contribution in [0.1, 0.15) is 11.3 Å². The number of hydrogen-bond donors (Lipinski definition) is 3. The molecule has 5 aromatic rings. The van der Waals surface area contributed by atoms with E-state index in [1.165, 1.54) is 6.07 Å². The Labute approximate surface area is 230 Å². The first-order chi connectivity index (χ1) is 19.3. The molecular formula is C26H22F3N5O6S. The number of benzene rings is 2. The van der Waals surface area contributed by atoms with E-state index in [0.717, 1.165) is 22.2 Å². The van der Waals surface area contributed by atoms with Gasteiger partial charge in [-0.1, -0.05) is 41.6 Å². The van der Waals surface area contributed by atoms with Crippen LogP contribution in [0.3, 0.4) is 0 Å². The number of H-pyrrole nitrogens is 1. The number of nitrogens with zero attached hydrogens (tertiary/aromatic N) is 3. The third-order valence-corrected chi connectivity index (χ3v) is 7.30. The summed E-state index contributed by atoms with van der Waals surface area (Å²) in [6.07, 6.45) is 0.0819.